The van der Waals surface area contributed by atoms with Gasteiger partial charge in [-0.2, -0.15) is 0 Å². The van der Waals surface area contributed by atoms with E-state index in [-0.39, 0.29) is 12.5 Å². The van der Waals surface area contributed by atoms with Gasteiger partial charge < -0.3 is 15.3 Å². The van der Waals surface area contributed by atoms with Gasteiger partial charge in [-0.25, -0.2) is 0 Å². The number of nitrogens with zero attached hydrogens (tertiary/aromatic N) is 1. The Morgan fingerprint density at radius 2 is 2.16 bits per heavy atom. The molecule has 0 bridgehead atoms. The first kappa shape index (κ1) is 18.1. The van der Waals surface area contributed by atoms with E-state index in [4.69, 9.17) is 0 Å². The number of aryl methyl sites for hydroxylation is 1. The van der Waals surface area contributed by atoms with E-state index in [0.29, 0.717) is 12.5 Å². The van der Waals surface area contributed by atoms with Crippen LogP contribution in [0.1, 0.15) is 28.1 Å². The van der Waals surface area contributed by atoms with Gasteiger partial charge in [-0.3, -0.25) is 4.79 Å². The van der Waals surface area contributed by atoms with E-state index in [1.165, 1.54) is 0 Å². The highest BCUT2D eigenvalue weighted by Crippen LogP contribution is 2.32. The number of amides is 1. The number of benzene rings is 1. The van der Waals surface area contributed by atoms with Crippen LogP contribution in [-0.4, -0.2) is 48.7 Å². The number of aliphatic hydroxyl groups excluding tert-OH is 1. The summed E-state index contributed by atoms with van der Waals surface area (Å²) >= 11 is 1.62. The normalized spacial score (nSPS) is 18.2. The Bertz CT molecular complexity index is 699. The number of carbonyl (C=O) groups excluding carboxylic acids is 1. The highest BCUT2D eigenvalue weighted by atomic mass is 32.1. The van der Waals surface area contributed by atoms with E-state index in [1.54, 1.807) is 11.3 Å². The van der Waals surface area contributed by atoms with Crippen molar-refractivity contribution in [1.82, 2.24) is 10.2 Å². The Labute approximate surface area is 153 Å². The molecule has 1 aromatic carbocycles. The molecule has 0 unspecified atom stereocenters. The number of piperidine rings is 1. The second-order valence-corrected chi connectivity index (χ2v) is 7.78. The van der Waals surface area contributed by atoms with Crippen molar-refractivity contribution in [3.8, 4) is 11.1 Å². The van der Waals surface area contributed by atoms with Gasteiger partial charge in [0.05, 0.1) is 5.56 Å². The van der Waals surface area contributed by atoms with E-state index < -0.39 is 0 Å². The third-order valence-corrected chi connectivity index (χ3v) is 5.77. The number of carbonyl (C=O) groups is 1. The first-order chi connectivity index (χ1) is 12.2. The van der Waals surface area contributed by atoms with Gasteiger partial charge >= 0.3 is 0 Å². The molecule has 1 saturated heterocycles. The number of likely N-dealkylation sites (tertiary alicyclic amines) is 1. The van der Waals surface area contributed by atoms with Gasteiger partial charge in [-0.05, 0) is 37.8 Å². The lowest BCUT2D eigenvalue weighted by Crippen LogP contribution is -2.41. The number of thiophene rings is 1. The van der Waals surface area contributed by atoms with Crippen LogP contribution in [0.4, 0.5) is 0 Å². The van der Waals surface area contributed by atoms with Crippen molar-refractivity contribution in [2.75, 3.05) is 32.8 Å². The van der Waals surface area contributed by atoms with Crippen LogP contribution in [0.3, 0.4) is 0 Å². The fourth-order valence-electron chi connectivity index (χ4n) is 3.51. The van der Waals surface area contributed by atoms with Gasteiger partial charge in [0.15, 0.2) is 0 Å². The summed E-state index contributed by atoms with van der Waals surface area (Å²) in [4.78, 5) is 16.2. The largest absolute Gasteiger partial charge is 0.396 e. The maximum absolute atomic E-state index is 12.7. The van der Waals surface area contributed by atoms with Crippen LogP contribution >= 0.6 is 11.3 Å². The molecular weight excluding hydrogens is 332 g/mol. The van der Waals surface area contributed by atoms with Crippen molar-refractivity contribution in [1.29, 1.82) is 0 Å². The monoisotopic (exact) mass is 358 g/mol. The minimum Gasteiger partial charge on any atom is -0.396 e. The quantitative estimate of drug-likeness (QED) is 0.834. The molecule has 0 radical (unpaired) electrons. The van der Waals surface area contributed by atoms with Gasteiger partial charge in [0.25, 0.3) is 5.91 Å². The zero-order chi connectivity index (χ0) is 17.6. The van der Waals surface area contributed by atoms with Gasteiger partial charge in [0, 0.05) is 42.1 Å². The molecule has 3 rings (SSSR count). The van der Waals surface area contributed by atoms with Crippen molar-refractivity contribution >= 4 is 17.2 Å². The topological polar surface area (TPSA) is 52.6 Å². The summed E-state index contributed by atoms with van der Waals surface area (Å²) in [5.41, 5.74) is 2.90. The fourth-order valence-corrected chi connectivity index (χ4v) is 4.38. The second kappa shape index (κ2) is 8.61. The Morgan fingerprint density at radius 3 is 2.92 bits per heavy atom. The molecule has 134 valence electrons. The third kappa shape index (κ3) is 4.48. The minimum absolute atomic E-state index is 0.000999. The molecule has 1 aromatic heterocycles. The summed E-state index contributed by atoms with van der Waals surface area (Å²) in [6.45, 7) is 5.79. The zero-order valence-corrected chi connectivity index (χ0v) is 15.5. The highest BCUT2D eigenvalue weighted by molar-refractivity contribution is 7.10. The van der Waals surface area contributed by atoms with Crippen LogP contribution in [0.15, 0.2) is 35.7 Å². The maximum Gasteiger partial charge on any atom is 0.252 e. The Hall–Kier alpha value is -1.69. The molecule has 0 aliphatic carbocycles. The molecule has 1 aliphatic heterocycles. The van der Waals surface area contributed by atoms with Crippen molar-refractivity contribution in [3.63, 3.8) is 0 Å². The SMILES string of the molecule is Cc1scc(C(=O)NCCN2CCC[C@H](CO)C2)c1-c1ccccc1. The lowest BCUT2D eigenvalue weighted by atomic mass is 9.99. The lowest BCUT2D eigenvalue weighted by molar-refractivity contribution is 0.0931. The van der Waals surface area contributed by atoms with Crippen molar-refractivity contribution in [2.45, 2.75) is 19.8 Å². The van der Waals surface area contributed by atoms with Gasteiger partial charge in [-0.1, -0.05) is 30.3 Å². The molecule has 0 spiro atoms. The molecule has 4 nitrogen and oxygen atoms in total. The molecule has 2 heterocycles. The van der Waals surface area contributed by atoms with Crippen LogP contribution < -0.4 is 5.32 Å². The second-order valence-electron chi connectivity index (χ2n) is 6.69. The van der Waals surface area contributed by atoms with E-state index in [2.05, 4.69) is 29.3 Å². The number of nitrogens with one attached hydrogen (secondary N) is 1. The molecule has 0 saturated carbocycles. The fraction of sp³-hybridized carbons (Fsp3) is 0.450. The predicted octanol–water partition coefficient (Wildman–Crippen LogP) is 3.16. The van der Waals surface area contributed by atoms with Gasteiger partial charge in [0.1, 0.15) is 0 Å². The smallest absolute Gasteiger partial charge is 0.252 e. The van der Waals surface area contributed by atoms with Crippen LogP contribution in [0, 0.1) is 12.8 Å². The summed E-state index contributed by atoms with van der Waals surface area (Å²) < 4.78 is 0. The van der Waals surface area contributed by atoms with Gasteiger partial charge in [-0.15, -0.1) is 11.3 Å². The average Bonchev–Trinajstić information content (AvgIpc) is 3.04. The van der Waals surface area contributed by atoms with Crippen LogP contribution in [-0.2, 0) is 0 Å². The predicted molar refractivity (Wildman–Crippen MR) is 103 cm³/mol. The van der Waals surface area contributed by atoms with Crippen molar-refractivity contribution in [2.24, 2.45) is 5.92 Å². The molecule has 25 heavy (non-hydrogen) atoms. The number of aliphatic hydroxyl groups is 1. The molecule has 2 aromatic rings. The van der Waals surface area contributed by atoms with Gasteiger partial charge in [0.2, 0.25) is 0 Å². The average molecular weight is 359 g/mol. The summed E-state index contributed by atoms with van der Waals surface area (Å²) in [6.07, 6.45) is 2.23. The molecule has 5 heteroatoms. The zero-order valence-electron chi connectivity index (χ0n) is 14.7. The number of hydrogen-bond acceptors (Lipinski definition) is 4. The van der Waals surface area contributed by atoms with Crippen molar-refractivity contribution < 1.29 is 9.90 Å². The van der Waals surface area contributed by atoms with Crippen LogP contribution in [0.5, 0.6) is 0 Å². The van der Waals surface area contributed by atoms with Crippen molar-refractivity contribution in [3.05, 3.63) is 46.2 Å². The van der Waals surface area contributed by atoms with E-state index >= 15 is 0 Å². The Morgan fingerprint density at radius 1 is 1.36 bits per heavy atom. The summed E-state index contributed by atoms with van der Waals surface area (Å²) in [7, 11) is 0. The summed E-state index contributed by atoms with van der Waals surface area (Å²) in [5, 5.41) is 14.3. The van der Waals surface area contributed by atoms with E-state index in [1.807, 2.05) is 23.6 Å². The maximum atomic E-state index is 12.7. The summed E-state index contributed by atoms with van der Waals surface area (Å²) in [5.74, 6) is 0.382. The molecule has 1 aliphatic rings. The number of hydrogen-bond donors (Lipinski definition) is 2. The Balaban J connectivity index is 1.59. The lowest BCUT2D eigenvalue weighted by Gasteiger charge is -2.31. The van der Waals surface area contributed by atoms with E-state index in [9.17, 15) is 9.90 Å². The minimum atomic E-state index is -0.000999. The molecule has 1 atom stereocenters. The molecular formula is C20H26N2O2S. The molecule has 1 amide bonds. The molecule has 1 fully saturated rings. The third-order valence-electron chi connectivity index (χ3n) is 4.86. The standard InChI is InChI=1S/C20H26N2O2S/c1-15-19(17-7-3-2-4-8-17)18(14-25-15)20(24)21-9-11-22-10-5-6-16(12-22)13-23/h2-4,7-8,14,16,23H,5-6,9-13H2,1H3,(H,21,24)/t16-/m0/s1. The first-order valence-electron chi connectivity index (χ1n) is 8.94. The first-order valence-corrected chi connectivity index (χ1v) is 9.82. The summed E-state index contributed by atoms with van der Waals surface area (Å²) in [6, 6.07) is 10.1. The van der Waals surface area contributed by atoms with Crippen LogP contribution in [0.25, 0.3) is 11.1 Å². The highest BCUT2D eigenvalue weighted by Gasteiger charge is 2.20. The van der Waals surface area contributed by atoms with Crippen LogP contribution in [0.2, 0.25) is 0 Å². The Kier molecular flexibility index (Phi) is 6.24. The van der Waals surface area contributed by atoms with E-state index in [0.717, 1.165) is 54.0 Å². The number of rotatable bonds is 6. The molecule has 2 N–H and O–H groups in total.